The monoisotopic (exact) mass is 424 g/mol. The van der Waals surface area contributed by atoms with Gasteiger partial charge in [-0.05, 0) is 66.6 Å². The van der Waals surface area contributed by atoms with E-state index in [1.807, 2.05) is 12.1 Å². The number of nitrogens with one attached hydrogen (secondary N) is 2. The fourth-order valence-electron chi connectivity index (χ4n) is 4.12. The predicted octanol–water partition coefficient (Wildman–Crippen LogP) is 6.29. The highest BCUT2D eigenvalue weighted by Gasteiger charge is 2.38. The molecule has 2 aromatic carbocycles. The summed E-state index contributed by atoms with van der Waals surface area (Å²) in [5, 5.41) is 7.28. The molecule has 0 spiro atoms. The molecule has 2 aromatic rings. The summed E-state index contributed by atoms with van der Waals surface area (Å²) in [6.07, 6.45) is 1.45. The molecule has 1 aliphatic heterocycles. The van der Waals surface area contributed by atoms with Crippen LogP contribution in [0.5, 0.6) is 0 Å². The minimum Gasteiger partial charge on any atom is -0.372 e. The van der Waals surface area contributed by atoms with Crippen molar-refractivity contribution in [1.29, 1.82) is 0 Å². The zero-order valence-electron chi connectivity index (χ0n) is 16.2. The summed E-state index contributed by atoms with van der Waals surface area (Å²) >= 11 is 3.51. The number of fused-ring (bicyclic) bond motifs is 1. The minimum absolute atomic E-state index is 0.0303. The molecule has 27 heavy (non-hydrogen) atoms. The van der Waals surface area contributed by atoms with Gasteiger partial charge in [-0.25, -0.2) is 0 Å². The number of halogens is 1. The zero-order chi connectivity index (χ0) is 19.3. The van der Waals surface area contributed by atoms with Crippen LogP contribution in [0.15, 0.2) is 52.1 Å². The Kier molecular flexibility index (Phi) is 4.42. The second kappa shape index (κ2) is 6.52. The molecule has 2 aliphatic rings. The van der Waals surface area contributed by atoms with E-state index in [1.165, 1.54) is 11.1 Å². The summed E-state index contributed by atoms with van der Waals surface area (Å²) in [5.74, 6) is 0.232. The molecular weight excluding hydrogens is 400 g/mol. The van der Waals surface area contributed by atoms with E-state index in [0.717, 1.165) is 39.1 Å². The van der Waals surface area contributed by atoms with E-state index in [4.69, 9.17) is 0 Å². The summed E-state index contributed by atoms with van der Waals surface area (Å²) < 4.78 is 1.04. The maximum atomic E-state index is 13.2. The molecule has 1 aliphatic carbocycles. The Morgan fingerprint density at radius 3 is 2.30 bits per heavy atom. The number of ketones is 1. The van der Waals surface area contributed by atoms with E-state index in [2.05, 4.69) is 78.5 Å². The molecule has 0 fully saturated rings. The molecule has 0 unspecified atom stereocenters. The van der Waals surface area contributed by atoms with Crippen molar-refractivity contribution in [3.8, 4) is 0 Å². The van der Waals surface area contributed by atoms with E-state index in [0.29, 0.717) is 6.42 Å². The molecule has 3 nitrogen and oxygen atoms in total. The van der Waals surface area contributed by atoms with E-state index < -0.39 is 0 Å². The van der Waals surface area contributed by atoms with Crippen LogP contribution in [-0.2, 0) is 4.79 Å². The van der Waals surface area contributed by atoms with Crippen LogP contribution in [0.3, 0.4) is 0 Å². The molecule has 0 saturated heterocycles. The van der Waals surface area contributed by atoms with Crippen LogP contribution in [-0.4, -0.2) is 5.78 Å². The quantitative estimate of drug-likeness (QED) is 0.564. The summed E-state index contributed by atoms with van der Waals surface area (Å²) in [7, 11) is 0. The number of anilines is 2. The highest BCUT2D eigenvalue weighted by molar-refractivity contribution is 9.10. The van der Waals surface area contributed by atoms with E-state index in [9.17, 15) is 4.79 Å². The first-order chi connectivity index (χ1) is 12.7. The Morgan fingerprint density at radius 1 is 1.00 bits per heavy atom. The smallest absolute Gasteiger partial charge is 0.163 e. The number of allylic oxidation sites excluding steroid dienone is 1. The van der Waals surface area contributed by atoms with Crippen molar-refractivity contribution in [1.82, 2.24) is 0 Å². The van der Waals surface area contributed by atoms with Crippen LogP contribution in [0.1, 0.15) is 49.4 Å². The van der Waals surface area contributed by atoms with Gasteiger partial charge >= 0.3 is 0 Å². The van der Waals surface area contributed by atoms with Crippen LogP contribution in [0.2, 0.25) is 0 Å². The van der Waals surface area contributed by atoms with Crippen molar-refractivity contribution in [3.63, 3.8) is 0 Å². The second-order valence-electron chi connectivity index (χ2n) is 8.57. The Labute approximate surface area is 169 Å². The number of carbonyl (C=O) groups excluding carboxylic acids is 1. The predicted molar refractivity (Wildman–Crippen MR) is 115 cm³/mol. The SMILES string of the molecule is Cc1cc2c(cc1C)N[C@H](c1ccc(Br)cc1)C1=C(CC(C)(C)CC1=O)N2. The topological polar surface area (TPSA) is 41.1 Å². The van der Waals surface area contributed by atoms with Crippen LogP contribution in [0.4, 0.5) is 11.4 Å². The Bertz CT molecular complexity index is 957. The number of hydrogen-bond donors (Lipinski definition) is 2. The summed E-state index contributed by atoms with van der Waals surface area (Å²) in [6, 6.07) is 12.5. The lowest BCUT2D eigenvalue weighted by atomic mass is 9.73. The summed E-state index contributed by atoms with van der Waals surface area (Å²) in [6.45, 7) is 8.59. The van der Waals surface area contributed by atoms with Gasteiger partial charge in [0.2, 0.25) is 0 Å². The van der Waals surface area contributed by atoms with Gasteiger partial charge in [0.1, 0.15) is 0 Å². The van der Waals surface area contributed by atoms with Crippen molar-refractivity contribution in [2.45, 2.75) is 46.6 Å². The average molecular weight is 425 g/mol. The van der Waals surface area contributed by atoms with Gasteiger partial charge in [0.25, 0.3) is 0 Å². The molecular formula is C23H25BrN2O. The van der Waals surface area contributed by atoms with E-state index in [1.54, 1.807) is 0 Å². The Balaban J connectivity index is 1.90. The van der Waals surface area contributed by atoms with Gasteiger partial charge < -0.3 is 10.6 Å². The van der Waals surface area contributed by atoms with Crippen LogP contribution in [0.25, 0.3) is 0 Å². The maximum absolute atomic E-state index is 13.2. The van der Waals surface area contributed by atoms with Crippen molar-refractivity contribution in [2.75, 3.05) is 10.6 Å². The molecule has 2 N–H and O–H groups in total. The number of benzene rings is 2. The molecule has 0 bridgehead atoms. The third-order valence-corrected chi connectivity index (χ3v) is 6.16. The van der Waals surface area contributed by atoms with Crippen molar-refractivity contribution < 1.29 is 4.79 Å². The summed E-state index contributed by atoms with van der Waals surface area (Å²) in [5.41, 5.74) is 7.59. The maximum Gasteiger partial charge on any atom is 0.163 e. The van der Waals surface area contributed by atoms with E-state index >= 15 is 0 Å². The fraction of sp³-hybridized carbons (Fsp3) is 0.348. The highest BCUT2D eigenvalue weighted by atomic mass is 79.9. The van der Waals surface area contributed by atoms with Gasteiger partial charge in [-0.3, -0.25) is 4.79 Å². The van der Waals surface area contributed by atoms with Gasteiger partial charge in [0.15, 0.2) is 5.78 Å². The van der Waals surface area contributed by atoms with Crippen molar-refractivity contribution in [2.24, 2.45) is 5.41 Å². The van der Waals surface area contributed by atoms with Crippen molar-refractivity contribution >= 4 is 33.1 Å². The van der Waals surface area contributed by atoms with Gasteiger partial charge in [0.05, 0.1) is 17.4 Å². The average Bonchev–Trinajstić information content (AvgIpc) is 2.71. The largest absolute Gasteiger partial charge is 0.372 e. The Hall–Kier alpha value is -2.07. The van der Waals surface area contributed by atoms with Crippen molar-refractivity contribution in [3.05, 3.63) is 68.8 Å². The third kappa shape index (κ3) is 3.43. The molecule has 4 heteroatoms. The number of hydrogen-bond acceptors (Lipinski definition) is 3. The Morgan fingerprint density at radius 2 is 1.63 bits per heavy atom. The third-order valence-electron chi connectivity index (χ3n) is 5.63. The molecule has 1 heterocycles. The van der Waals surface area contributed by atoms with Gasteiger partial charge in [-0.15, -0.1) is 0 Å². The molecule has 0 radical (unpaired) electrons. The fourth-order valence-corrected chi connectivity index (χ4v) is 4.38. The molecule has 4 rings (SSSR count). The first-order valence-electron chi connectivity index (χ1n) is 9.40. The normalized spacial score (nSPS) is 20.9. The minimum atomic E-state index is -0.146. The number of Topliss-reactive ketones (excluding diaryl/α,β-unsaturated/α-hetero) is 1. The van der Waals surface area contributed by atoms with Crippen LogP contribution >= 0.6 is 15.9 Å². The number of rotatable bonds is 1. The molecule has 0 aromatic heterocycles. The molecule has 140 valence electrons. The highest BCUT2D eigenvalue weighted by Crippen LogP contribution is 2.45. The summed E-state index contributed by atoms with van der Waals surface area (Å²) in [4.78, 5) is 13.2. The zero-order valence-corrected chi connectivity index (χ0v) is 17.8. The molecule has 0 saturated carbocycles. The van der Waals surface area contributed by atoms with Gasteiger partial charge in [0, 0.05) is 22.2 Å². The lowest BCUT2D eigenvalue weighted by Crippen LogP contribution is -2.31. The van der Waals surface area contributed by atoms with Crippen LogP contribution < -0.4 is 10.6 Å². The lowest BCUT2D eigenvalue weighted by Gasteiger charge is -2.34. The second-order valence-corrected chi connectivity index (χ2v) is 9.48. The number of carbonyl (C=O) groups is 1. The standard InChI is InChI=1S/C23H25BrN2O/c1-13-9-17-18(10-14(13)2)26-22(15-5-7-16(24)8-6-15)21-19(25-17)11-23(3,4)12-20(21)27/h5-10,22,25-26H,11-12H2,1-4H3/t22-/m1/s1. The van der Waals surface area contributed by atoms with Crippen LogP contribution in [0, 0.1) is 19.3 Å². The first-order valence-corrected chi connectivity index (χ1v) is 10.2. The molecule has 1 atom stereocenters. The van der Waals surface area contributed by atoms with Gasteiger partial charge in [-0.1, -0.05) is 41.9 Å². The number of aryl methyl sites for hydroxylation is 2. The lowest BCUT2D eigenvalue weighted by molar-refractivity contribution is -0.118. The molecule has 0 amide bonds. The van der Waals surface area contributed by atoms with Gasteiger partial charge in [-0.2, -0.15) is 0 Å². The first kappa shape index (κ1) is 18.3. The van der Waals surface area contributed by atoms with E-state index in [-0.39, 0.29) is 17.2 Å².